The molecule has 0 saturated heterocycles. The van der Waals surface area contributed by atoms with Gasteiger partial charge in [-0.25, -0.2) is 4.79 Å². The van der Waals surface area contributed by atoms with Crippen LogP contribution in [0.1, 0.15) is 29.5 Å². The molecule has 0 N–H and O–H groups in total. The molecule has 27 heavy (non-hydrogen) atoms. The van der Waals surface area contributed by atoms with Crippen LogP contribution in [0, 0.1) is 6.92 Å². The first-order chi connectivity index (χ1) is 13.1. The monoisotopic (exact) mass is 367 g/mol. The zero-order valence-electron chi connectivity index (χ0n) is 15.8. The first-order valence-electron chi connectivity index (χ1n) is 9.22. The molecule has 0 fully saturated rings. The number of aryl methyl sites for hydroxylation is 1. The zero-order valence-corrected chi connectivity index (χ0v) is 15.8. The van der Waals surface area contributed by atoms with Gasteiger partial charge in [-0.2, -0.15) is 0 Å². The van der Waals surface area contributed by atoms with Crippen molar-refractivity contribution in [3.63, 3.8) is 0 Å². The first kappa shape index (κ1) is 19.0. The minimum absolute atomic E-state index is 0.0479. The third-order valence-electron chi connectivity index (χ3n) is 4.93. The van der Waals surface area contributed by atoms with Crippen molar-refractivity contribution in [2.24, 2.45) is 0 Å². The van der Waals surface area contributed by atoms with E-state index in [2.05, 4.69) is 0 Å². The average Bonchev–Trinajstić information content (AvgIpc) is 2.70. The Morgan fingerprint density at radius 3 is 2.52 bits per heavy atom. The Bertz CT molecular complexity index is 817. The van der Waals surface area contributed by atoms with Gasteiger partial charge in [-0.3, -0.25) is 4.79 Å². The van der Waals surface area contributed by atoms with Gasteiger partial charge in [0.25, 0.3) is 0 Å². The lowest BCUT2D eigenvalue weighted by Crippen LogP contribution is -2.49. The highest BCUT2D eigenvalue weighted by molar-refractivity contribution is 5.85. The maximum Gasteiger partial charge on any atom is 0.328 e. The number of carbonyl (C=O) groups excluding carboxylic acids is 2. The molecule has 0 radical (unpaired) electrons. The smallest absolute Gasteiger partial charge is 0.328 e. The molecule has 0 aliphatic carbocycles. The number of benzene rings is 2. The number of carbonyl (C=O) groups is 2. The molecular weight excluding hydrogens is 342 g/mol. The number of rotatable bonds is 6. The number of nitrogens with zero attached hydrogens (tertiary/aromatic N) is 1. The normalized spacial score (nSPS) is 15.8. The molecule has 1 aliphatic rings. The van der Waals surface area contributed by atoms with Crippen molar-refractivity contribution in [3.8, 4) is 5.75 Å². The number of para-hydroxylation sites is 1. The van der Waals surface area contributed by atoms with Crippen molar-refractivity contribution < 1.29 is 19.1 Å². The fourth-order valence-corrected chi connectivity index (χ4v) is 3.40. The second-order valence-electron chi connectivity index (χ2n) is 6.75. The SMILES string of the molecule is COC(=O)C1Cc2ccccc2CN1C(=O)CCCOc1ccccc1C. The van der Waals surface area contributed by atoms with E-state index in [9.17, 15) is 9.59 Å². The van der Waals surface area contributed by atoms with Crippen molar-refractivity contribution in [1.29, 1.82) is 0 Å². The lowest BCUT2D eigenvalue weighted by atomic mass is 9.93. The molecular formula is C22H25NO4. The minimum Gasteiger partial charge on any atom is -0.493 e. The number of amides is 1. The van der Waals surface area contributed by atoms with Gasteiger partial charge in [0, 0.05) is 19.4 Å². The first-order valence-corrected chi connectivity index (χ1v) is 9.22. The van der Waals surface area contributed by atoms with Crippen molar-refractivity contribution in [2.75, 3.05) is 13.7 Å². The summed E-state index contributed by atoms with van der Waals surface area (Å²) < 4.78 is 10.7. The molecule has 0 saturated carbocycles. The third-order valence-corrected chi connectivity index (χ3v) is 4.93. The van der Waals surface area contributed by atoms with E-state index < -0.39 is 6.04 Å². The summed E-state index contributed by atoms with van der Waals surface area (Å²) in [6.07, 6.45) is 1.43. The summed E-state index contributed by atoms with van der Waals surface area (Å²) in [5.41, 5.74) is 3.25. The lowest BCUT2D eigenvalue weighted by molar-refractivity contribution is -0.154. The summed E-state index contributed by atoms with van der Waals surface area (Å²) in [4.78, 5) is 26.6. The van der Waals surface area contributed by atoms with Crippen LogP contribution in [0.5, 0.6) is 5.75 Å². The predicted molar refractivity (Wildman–Crippen MR) is 102 cm³/mol. The molecule has 1 amide bonds. The van der Waals surface area contributed by atoms with Crippen LogP contribution in [0.4, 0.5) is 0 Å². The molecule has 2 aromatic rings. The molecule has 0 bridgehead atoms. The average molecular weight is 367 g/mol. The van der Waals surface area contributed by atoms with Gasteiger partial charge >= 0.3 is 5.97 Å². The van der Waals surface area contributed by atoms with Gasteiger partial charge in [0.15, 0.2) is 0 Å². The summed E-state index contributed by atoms with van der Waals surface area (Å²) in [6, 6.07) is 15.2. The number of methoxy groups -OCH3 is 1. The summed E-state index contributed by atoms with van der Waals surface area (Å²) in [5.74, 6) is 0.423. The highest BCUT2D eigenvalue weighted by Crippen LogP contribution is 2.25. The second kappa shape index (κ2) is 8.71. The minimum atomic E-state index is -0.560. The van der Waals surface area contributed by atoms with E-state index in [1.807, 2.05) is 55.5 Å². The van der Waals surface area contributed by atoms with Gasteiger partial charge < -0.3 is 14.4 Å². The molecule has 5 heteroatoms. The number of esters is 1. The van der Waals surface area contributed by atoms with Crippen LogP contribution < -0.4 is 4.74 Å². The van der Waals surface area contributed by atoms with Gasteiger partial charge in [0.05, 0.1) is 13.7 Å². The Labute approximate surface area is 159 Å². The molecule has 5 nitrogen and oxygen atoms in total. The van der Waals surface area contributed by atoms with Gasteiger partial charge in [0.2, 0.25) is 5.91 Å². The van der Waals surface area contributed by atoms with Crippen molar-refractivity contribution >= 4 is 11.9 Å². The Morgan fingerprint density at radius 2 is 1.78 bits per heavy atom. The zero-order chi connectivity index (χ0) is 19.2. The molecule has 0 spiro atoms. The van der Waals surface area contributed by atoms with E-state index in [1.165, 1.54) is 7.11 Å². The predicted octanol–water partition coefficient (Wildman–Crippen LogP) is 3.28. The maximum atomic E-state index is 12.8. The standard InChI is InChI=1S/C22H25NO4/c1-16-8-3-6-11-20(16)27-13-7-12-21(24)23-15-18-10-5-4-9-17(18)14-19(23)22(25)26-2/h3-6,8-11,19H,7,12-15H2,1-2H3. The highest BCUT2D eigenvalue weighted by atomic mass is 16.5. The highest BCUT2D eigenvalue weighted by Gasteiger charge is 2.34. The molecule has 0 aromatic heterocycles. The van der Waals surface area contributed by atoms with Crippen LogP contribution in [-0.2, 0) is 27.3 Å². The Balaban J connectivity index is 1.60. The number of hydrogen-bond acceptors (Lipinski definition) is 4. The second-order valence-corrected chi connectivity index (χ2v) is 6.75. The Kier molecular flexibility index (Phi) is 6.12. The molecule has 2 aromatic carbocycles. The summed E-state index contributed by atoms with van der Waals surface area (Å²) in [5, 5.41) is 0. The van der Waals surface area contributed by atoms with Crippen LogP contribution >= 0.6 is 0 Å². The van der Waals surface area contributed by atoms with Gasteiger partial charge in [-0.05, 0) is 36.1 Å². The van der Waals surface area contributed by atoms with E-state index in [0.717, 1.165) is 22.4 Å². The molecule has 1 unspecified atom stereocenters. The third kappa shape index (κ3) is 4.48. The fraction of sp³-hybridized carbons (Fsp3) is 0.364. The van der Waals surface area contributed by atoms with Crippen LogP contribution in [0.25, 0.3) is 0 Å². The van der Waals surface area contributed by atoms with Gasteiger partial charge in [-0.15, -0.1) is 0 Å². The van der Waals surface area contributed by atoms with E-state index in [1.54, 1.807) is 4.90 Å². The fourth-order valence-electron chi connectivity index (χ4n) is 3.40. The van der Waals surface area contributed by atoms with Crippen LogP contribution in [0.2, 0.25) is 0 Å². The largest absolute Gasteiger partial charge is 0.493 e. The van der Waals surface area contributed by atoms with E-state index >= 15 is 0 Å². The van der Waals surface area contributed by atoms with Crippen LogP contribution in [-0.4, -0.2) is 36.5 Å². The van der Waals surface area contributed by atoms with Gasteiger partial charge in [-0.1, -0.05) is 42.5 Å². The quantitative estimate of drug-likeness (QED) is 0.581. The number of hydrogen-bond donors (Lipinski definition) is 0. The molecule has 1 aliphatic heterocycles. The summed E-state index contributed by atoms with van der Waals surface area (Å²) in [7, 11) is 1.36. The van der Waals surface area contributed by atoms with Gasteiger partial charge in [0.1, 0.15) is 11.8 Å². The molecule has 1 atom stereocenters. The molecule has 142 valence electrons. The maximum absolute atomic E-state index is 12.8. The number of ether oxygens (including phenoxy) is 2. The Morgan fingerprint density at radius 1 is 1.07 bits per heavy atom. The van der Waals surface area contributed by atoms with E-state index in [-0.39, 0.29) is 11.9 Å². The topological polar surface area (TPSA) is 55.8 Å². The van der Waals surface area contributed by atoms with E-state index in [4.69, 9.17) is 9.47 Å². The summed E-state index contributed by atoms with van der Waals surface area (Å²) in [6.45, 7) is 2.89. The van der Waals surface area contributed by atoms with Crippen LogP contribution in [0.15, 0.2) is 48.5 Å². The van der Waals surface area contributed by atoms with Crippen LogP contribution in [0.3, 0.4) is 0 Å². The lowest BCUT2D eigenvalue weighted by Gasteiger charge is -2.35. The molecule has 3 rings (SSSR count). The number of fused-ring (bicyclic) bond motifs is 1. The Hall–Kier alpha value is -2.82. The summed E-state index contributed by atoms with van der Waals surface area (Å²) >= 11 is 0. The van der Waals surface area contributed by atoms with Crippen molar-refractivity contribution in [1.82, 2.24) is 4.90 Å². The van der Waals surface area contributed by atoms with Crippen molar-refractivity contribution in [3.05, 3.63) is 65.2 Å². The van der Waals surface area contributed by atoms with E-state index in [0.29, 0.717) is 32.4 Å². The van der Waals surface area contributed by atoms with Crippen molar-refractivity contribution in [2.45, 2.75) is 38.8 Å². The molecule has 1 heterocycles.